The van der Waals surface area contributed by atoms with Gasteiger partial charge in [-0.3, -0.25) is 4.79 Å². The molecule has 0 atom stereocenters. The number of carboxylic acid groups (broad SMARTS) is 1. The van der Waals surface area contributed by atoms with Crippen molar-refractivity contribution in [2.45, 2.75) is 46.0 Å². The van der Waals surface area contributed by atoms with Gasteiger partial charge in [-0.15, -0.1) is 0 Å². The topological polar surface area (TPSA) is 40.5 Å². The zero-order chi connectivity index (χ0) is 16.1. The summed E-state index contributed by atoms with van der Waals surface area (Å²) in [5.41, 5.74) is 1.86. The fourth-order valence-corrected chi connectivity index (χ4v) is 3.93. The van der Waals surface area contributed by atoms with Crippen LogP contribution in [0.2, 0.25) is 5.02 Å². The van der Waals surface area contributed by atoms with E-state index in [4.69, 9.17) is 16.7 Å². The highest BCUT2D eigenvalue weighted by Crippen LogP contribution is 2.33. The van der Waals surface area contributed by atoms with E-state index in [1.54, 1.807) is 6.07 Å². The van der Waals surface area contributed by atoms with E-state index >= 15 is 0 Å². The Morgan fingerprint density at radius 2 is 1.95 bits per heavy atom. The number of benzene rings is 1. The highest BCUT2D eigenvalue weighted by molar-refractivity contribution is 6.30. The van der Waals surface area contributed by atoms with Crippen molar-refractivity contribution >= 4 is 23.3 Å². The van der Waals surface area contributed by atoms with Crippen LogP contribution in [0.15, 0.2) is 18.2 Å². The van der Waals surface area contributed by atoms with E-state index in [0.717, 1.165) is 36.2 Å². The Balaban J connectivity index is 2.09. The number of carboxylic acids is 1. The first kappa shape index (κ1) is 17.1. The first-order valence-electron chi connectivity index (χ1n) is 8.30. The van der Waals surface area contributed by atoms with Crippen LogP contribution in [0.1, 0.15) is 45.1 Å². The minimum Gasteiger partial charge on any atom is -0.481 e. The summed E-state index contributed by atoms with van der Waals surface area (Å²) in [6, 6.07) is 5.62. The van der Waals surface area contributed by atoms with Gasteiger partial charge in [0.2, 0.25) is 0 Å². The third kappa shape index (κ3) is 4.16. The molecule has 1 N–H and O–H groups in total. The van der Waals surface area contributed by atoms with Gasteiger partial charge in [0.1, 0.15) is 0 Å². The van der Waals surface area contributed by atoms with E-state index < -0.39 is 5.97 Å². The second-order valence-corrected chi connectivity index (χ2v) is 6.68. The largest absolute Gasteiger partial charge is 0.481 e. The second kappa shape index (κ2) is 7.87. The molecule has 1 aromatic carbocycles. The molecule has 0 bridgehead atoms. The predicted octanol–water partition coefficient (Wildman–Crippen LogP) is 4.62. The van der Waals surface area contributed by atoms with Gasteiger partial charge in [0.05, 0.1) is 6.42 Å². The summed E-state index contributed by atoms with van der Waals surface area (Å²) in [6.07, 6.45) is 4.93. The number of rotatable bonds is 6. The molecule has 0 aliphatic carbocycles. The number of halogens is 1. The van der Waals surface area contributed by atoms with Crippen LogP contribution in [0.3, 0.4) is 0 Å². The number of carbonyl (C=O) groups is 1. The van der Waals surface area contributed by atoms with Crippen molar-refractivity contribution in [1.82, 2.24) is 0 Å². The van der Waals surface area contributed by atoms with Gasteiger partial charge in [-0.25, -0.2) is 0 Å². The number of nitrogens with zero attached hydrogens (tertiary/aromatic N) is 1. The normalized spacial score (nSPS) is 16.3. The summed E-state index contributed by atoms with van der Waals surface area (Å²) >= 11 is 6.03. The predicted molar refractivity (Wildman–Crippen MR) is 91.8 cm³/mol. The number of hydrogen-bond donors (Lipinski definition) is 1. The Bertz CT molecular complexity index is 506. The summed E-state index contributed by atoms with van der Waals surface area (Å²) in [4.78, 5) is 13.4. The first-order chi connectivity index (χ1) is 10.5. The molecule has 0 aromatic heterocycles. The maximum Gasteiger partial charge on any atom is 0.307 e. The van der Waals surface area contributed by atoms with Gasteiger partial charge in [-0.05, 0) is 48.4 Å². The Morgan fingerprint density at radius 3 is 2.50 bits per heavy atom. The van der Waals surface area contributed by atoms with Crippen LogP contribution in [0.5, 0.6) is 0 Å². The first-order valence-corrected chi connectivity index (χ1v) is 8.68. The van der Waals surface area contributed by atoms with Crippen molar-refractivity contribution < 1.29 is 9.90 Å². The molecule has 2 rings (SSSR count). The molecule has 1 aliphatic heterocycles. The maximum absolute atomic E-state index is 11.1. The van der Waals surface area contributed by atoms with E-state index in [0.29, 0.717) is 5.02 Å². The molecule has 4 heteroatoms. The van der Waals surface area contributed by atoms with Gasteiger partial charge in [-0.2, -0.15) is 0 Å². The Kier molecular flexibility index (Phi) is 6.13. The SMILES string of the molecule is CCC(CC)C1CCN(c2ccc(Cl)cc2CC(=O)O)CC1. The third-order valence-corrected chi connectivity index (χ3v) is 5.21. The molecule has 0 saturated carbocycles. The van der Waals surface area contributed by atoms with Crippen molar-refractivity contribution in [2.24, 2.45) is 11.8 Å². The summed E-state index contributed by atoms with van der Waals surface area (Å²) in [7, 11) is 0. The molecule has 0 spiro atoms. The molecule has 3 nitrogen and oxygen atoms in total. The van der Waals surface area contributed by atoms with Crippen LogP contribution < -0.4 is 4.90 Å². The molecule has 1 heterocycles. The molecule has 0 amide bonds. The molecule has 1 fully saturated rings. The molecule has 1 saturated heterocycles. The fraction of sp³-hybridized carbons (Fsp3) is 0.611. The average molecular weight is 324 g/mol. The Morgan fingerprint density at radius 1 is 1.32 bits per heavy atom. The van der Waals surface area contributed by atoms with Crippen LogP contribution in [0.25, 0.3) is 0 Å². The van der Waals surface area contributed by atoms with Gasteiger partial charge in [0.15, 0.2) is 0 Å². The van der Waals surface area contributed by atoms with Gasteiger partial charge < -0.3 is 10.0 Å². The smallest absolute Gasteiger partial charge is 0.307 e. The van der Waals surface area contributed by atoms with Gasteiger partial charge in [0.25, 0.3) is 0 Å². The van der Waals surface area contributed by atoms with Crippen molar-refractivity contribution in [1.29, 1.82) is 0 Å². The van der Waals surface area contributed by atoms with Crippen LogP contribution in [-0.4, -0.2) is 24.2 Å². The molecular formula is C18H26ClNO2. The number of anilines is 1. The maximum atomic E-state index is 11.1. The summed E-state index contributed by atoms with van der Waals surface area (Å²) < 4.78 is 0. The summed E-state index contributed by atoms with van der Waals surface area (Å²) in [6.45, 7) is 6.58. The lowest BCUT2D eigenvalue weighted by atomic mass is 9.81. The number of hydrogen-bond acceptors (Lipinski definition) is 2. The van der Waals surface area contributed by atoms with Gasteiger partial charge in [-0.1, -0.05) is 38.3 Å². The molecule has 22 heavy (non-hydrogen) atoms. The third-order valence-electron chi connectivity index (χ3n) is 4.98. The second-order valence-electron chi connectivity index (χ2n) is 6.24. The van der Waals surface area contributed by atoms with E-state index in [-0.39, 0.29) is 6.42 Å². The molecule has 1 aliphatic rings. The Labute approximate surface area is 138 Å². The number of piperidine rings is 1. The van der Waals surface area contributed by atoms with Gasteiger partial charge in [0, 0.05) is 23.8 Å². The van der Waals surface area contributed by atoms with Crippen molar-refractivity contribution in [3.05, 3.63) is 28.8 Å². The minimum atomic E-state index is -0.810. The molecule has 0 unspecified atom stereocenters. The summed E-state index contributed by atoms with van der Waals surface area (Å²) in [5, 5.41) is 9.70. The molecule has 122 valence electrons. The van der Waals surface area contributed by atoms with Crippen molar-refractivity contribution in [3.63, 3.8) is 0 Å². The lowest BCUT2D eigenvalue weighted by Gasteiger charge is -2.37. The highest BCUT2D eigenvalue weighted by Gasteiger charge is 2.25. The lowest BCUT2D eigenvalue weighted by molar-refractivity contribution is -0.136. The van der Waals surface area contributed by atoms with Crippen LogP contribution in [-0.2, 0) is 11.2 Å². The van der Waals surface area contributed by atoms with E-state index in [1.807, 2.05) is 12.1 Å². The van der Waals surface area contributed by atoms with Crippen LogP contribution >= 0.6 is 11.6 Å². The van der Waals surface area contributed by atoms with Crippen molar-refractivity contribution in [2.75, 3.05) is 18.0 Å². The monoisotopic (exact) mass is 323 g/mol. The zero-order valence-corrected chi connectivity index (χ0v) is 14.3. The van der Waals surface area contributed by atoms with E-state index in [2.05, 4.69) is 18.7 Å². The molecule has 0 radical (unpaired) electrons. The van der Waals surface area contributed by atoms with Crippen LogP contribution in [0, 0.1) is 11.8 Å². The van der Waals surface area contributed by atoms with E-state index in [9.17, 15) is 4.79 Å². The molecule has 1 aromatic rings. The number of aliphatic carboxylic acids is 1. The van der Waals surface area contributed by atoms with Crippen molar-refractivity contribution in [3.8, 4) is 0 Å². The van der Waals surface area contributed by atoms with Gasteiger partial charge >= 0.3 is 5.97 Å². The quantitative estimate of drug-likeness (QED) is 0.830. The zero-order valence-electron chi connectivity index (χ0n) is 13.5. The highest BCUT2D eigenvalue weighted by atomic mass is 35.5. The van der Waals surface area contributed by atoms with E-state index in [1.165, 1.54) is 25.7 Å². The summed E-state index contributed by atoms with van der Waals surface area (Å²) in [5.74, 6) is 0.822. The molecular weight excluding hydrogens is 298 g/mol. The Hall–Kier alpha value is -1.22. The standard InChI is InChI=1S/C18H26ClNO2/c1-3-13(4-2)14-7-9-20(10-8-14)17-6-5-16(19)11-15(17)12-18(21)22/h5-6,11,13-14H,3-4,7-10,12H2,1-2H3,(H,21,22). The lowest BCUT2D eigenvalue weighted by Crippen LogP contribution is -2.36. The minimum absolute atomic E-state index is 0.0301. The average Bonchev–Trinajstić information content (AvgIpc) is 2.49. The van der Waals surface area contributed by atoms with Crippen LogP contribution in [0.4, 0.5) is 5.69 Å². The fourth-order valence-electron chi connectivity index (χ4n) is 3.73.